The molecule has 1 heterocycles. The molecule has 26 heavy (non-hydrogen) atoms. The normalized spacial score (nSPS) is 11.2. The average molecular weight is 464 g/mol. The van der Waals surface area contributed by atoms with E-state index in [1.807, 2.05) is 53.1 Å². The average Bonchev–Trinajstić information content (AvgIpc) is 2.93. The Morgan fingerprint density at radius 3 is 2.35 bits per heavy atom. The van der Waals surface area contributed by atoms with Gasteiger partial charge in [-0.1, -0.05) is 48.5 Å². The summed E-state index contributed by atoms with van der Waals surface area (Å²) in [7, 11) is 6.25. The highest BCUT2D eigenvalue weighted by atomic mass is 127. The number of hydrogen-bond acceptors (Lipinski definition) is 2. The lowest BCUT2D eigenvalue weighted by atomic mass is 10.2. The number of para-hydroxylation sites is 1. The van der Waals surface area contributed by atoms with Crippen LogP contribution in [0, 0.1) is 0 Å². The Bertz CT molecular complexity index is 867. The van der Waals surface area contributed by atoms with Crippen molar-refractivity contribution in [2.75, 3.05) is 34.3 Å². The smallest absolute Gasteiger partial charge is 0.355 e. The van der Waals surface area contributed by atoms with Crippen molar-refractivity contribution in [2.45, 2.75) is 6.54 Å². The molecule has 3 aromatic rings. The summed E-state index contributed by atoms with van der Waals surface area (Å²) in [4.78, 5) is 12.7. The number of nitrogens with zero attached hydrogens (tertiary/aromatic N) is 2. The van der Waals surface area contributed by atoms with E-state index in [-0.39, 0.29) is 29.9 Å². The van der Waals surface area contributed by atoms with E-state index in [9.17, 15) is 4.79 Å². The van der Waals surface area contributed by atoms with Crippen LogP contribution in [0.3, 0.4) is 0 Å². The van der Waals surface area contributed by atoms with Gasteiger partial charge in [0.2, 0.25) is 0 Å². The summed E-state index contributed by atoms with van der Waals surface area (Å²) in [6.45, 7) is 1.84. The second kappa shape index (κ2) is 8.68. The molecule has 0 saturated heterocycles. The van der Waals surface area contributed by atoms with E-state index in [0.717, 1.165) is 27.5 Å². The van der Waals surface area contributed by atoms with Gasteiger partial charge in [0, 0.05) is 17.4 Å². The molecular formula is C21H25IN2O2. The zero-order chi connectivity index (χ0) is 17.9. The topological polar surface area (TPSA) is 31.2 Å². The van der Waals surface area contributed by atoms with Gasteiger partial charge in [-0.25, -0.2) is 4.79 Å². The van der Waals surface area contributed by atoms with Gasteiger partial charge in [0.1, 0.15) is 18.8 Å². The van der Waals surface area contributed by atoms with E-state index in [4.69, 9.17) is 4.74 Å². The highest BCUT2D eigenvalue weighted by Gasteiger charge is 2.18. The van der Waals surface area contributed by atoms with Gasteiger partial charge in [0.25, 0.3) is 0 Å². The van der Waals surface area contributed by atoms with E-state index in [1.165, 1.54) is 0 Å². The highest BCUT2D eigenvalue weighted by molar-refractivity contribution is 5.95. The van der Waals surface area contributed by atoms with Crippen LogP contribution >= 0.6 is 0 Å². The third-order valence-electron chi connectivity index (χ3n) is 4.20. The van der Waals surface area contributed by atoms with E-state index < -0.39 is 0 Å². The molecule has 0 N–H and O–H groups in total. The Morgan fingerprint density at radius 2 is 1.65 bits per heavy atom. The molecule has 0 atom stereocenters. The third-order valence-corrected chi connectivity index (χ3v) is 4.20. The minimum absolute atomic E-state index is 0. The van der Waals surface area contributed by atoms with Gasteiger partial charge in [-0.3, -0.25) is 0 Å². The van der Waals surface area contributed by atoms with Crippen LogP contribution in [0.2, 0.25) is 0 Å². The maximum Gasteiger partial charge on any atom is 0.355 e. The molecule has 2 aromatic carbocycles. The summed E-state index contributed by atoms with van der Waals surface area (Å²) in [5.41, 5.74) is 2.81. The molecule has 138 valence electrons. The molecule has 3 rings (SSSR count). The molecular weight excluding hydrogens is 439 g/mol. The number of likely N-dealkylation sites (N-methyl/N-ethyl adjacent to an activating group) is 1. The molecule has 0 aliphatic rings. The van der Waals surface area contributed by atoms with Crippen LogP contribution in [-0.4, -0.2) is 49.3 Å². The Morgan fingerprint density at radius 1 is 1.00 bits per heavy atom. The Labute approximate surface area is 172 Å². The van der Waals surface area contributed by atoms with Crippen LogP contribution in [-0.2, 0) is 11.3 Å². The zero-order valence-corrected chi connectivity index (χ0v) is 17.6. The number of ether oxygens (including phenoxy) is 1. The fourth-order valence-corrected chi connectivity index (χ4v) is 2.80. The number of rotatable bonds is 6. The van der Waals surface area contributed by atoms with Crippen LogP contribution in [0.5, 0.6) is 0 Å². The molecule has 0 aliphatic heterocycles. The number of quaternary nitrogens is 1. The van der Waals surface area contributed by atoms with Crippen LogP contribution < -0.4 is 24.0 Å². The van der Waals surface area contributed by atoms with E-state index in [2.05, 4.69) is 33.3 Å². The monoisotopic (exact) mass is 464 g/mol. The van der Waals surface area contributed by atoms with Gasteiger partial charge >= 0.3 is 5.97 Å². The van der Waals surface area contributed by atoms with Gasteiger partial charge < -0.3 is 37.8 Å². The van der Waals surface area contributed by atoms with Crippen molar-refractivity contribution in [1.82, 2.24) is 4.57 Å². The van der Waals surface area contributed by atoms with E-state index >= 15 is 0 Å². The van der Waals surface area contributed by atoms with Crippen molar-refractivity contribution in [1.29, 1.82) is 0 Å². The second-order valence-corrected chi connectivity index (χ2v) is 7.31. The zero-order valence-electron chi connectivity index (χ0n) is 15.5. The molecule has 0 spiro atoms. The lowest BCUT2D eigenvalue weighted by molar-refractivity contribution is -0.870. The number of carbonyl (C=O) groups is 1. The van der Waals surface area contributed by atoms with E-state index in [1.54, 1.807) is 0 Å². The Hall–Kier alpha value is -1.86. The maximum absolute atomic E-state index is 12.7. The van der Waals surface area contributed by atoms with Crippen molar-refractivity contribution in [2.24, 2.45) is 0 Å². The van der Waals surface area contributed by atoms with Gasteiger partial charge in [0.05, 0.1) is 21.1 Å². The van der Waals surface area contributed by atoms with Crippen LogP contribution in [0.4, 0.5) is 0 Å². The number of carbonyl (C=O) groups excluding carboxylic acids is 1. The van der Waals surface area contributed by atoms with Crippen LogP contribution in [0.15, 0.2) is 60.7 Å². The predicted molar refractivity (Wildman–Crippen MR) is 101 cm³/mol. The van der Waals surface area contributed by atoms with Crippen molar-refractivity contribution >= 4 is 16.9 Å². The maximum atomic E-state index is 12.7. The summed E-state index contributed by atoms with van der Waals surface area (Å²) < 4.78 is 8.34. The van der Waals surface area contributed by atoms with Crippen molar-refractivity contribution in [3.05, 3.63) is 71.9 Å². The summed E-state index contributed by atoms with van der Waals surface area (Å²) >= 11 is 0. The van der Waals surface area contributed by atoms with Gasteiger partial charge in [-0.05, 0) is 17.7 Å². The molecule has 4 nitrogen and oxygen atoms in total. The Kier molecular flexibility index (Phi) is 6.83. The molecule has 1 aromatic heterocycles. The SMILES string of the molecule is C[N+](C)(C)CCOC(=O)c1cc2ccccc2n1Cc1ccccc1.[I-]. The van der Waals surface area contributed by atoms with Gasteiger partial charge in [-0.2, -0.15) is 0 Å². The molecule has 0 amide bonds. The van der Waals surface area contributed by atoms with Crippen molar-refractivity contribution < 1.29 is 38.0 Å². The summed E-state index contributed by atoms with van der Waals surface area (Å²) in [6.07, 6.45) is 0. The molecule has 5 heteroatoms. The summed E-state index contributed by atoms with van der Waals surface area (Å²) in [5, 5.41) is 1.05. The van der Waals surface area contributed by atoms with Crippen LogP contribution in [0.25, 0.3) is 10.9 Å². The number of hydrogen-bond donors (Lipinski definition) is 0. The molecule has 0 bridgehead atoms. The molecule has 0 radical (unpaired) electrons. The molecule has 0 saturated carbocycles. The summed E-state index contributed by atoms with van der Waals surface area (Å²) in [5.74, 6) is -0.263. The number of benzene rings is 2. The standard InChI is InChI=1S/C21H25N2O2.HI/c1-23(2,3)13-14-25-21(24)20-15-18-11-7-8-12-19(18)22(20)16-17-9-5-4-6-10-17;/h4-12,15H,13-14,16H2,1-3H3;1H/q+1;/p-1. The third kappa shape index (κ3) is 5.08. The number of esters is 1. The van der Waals surface area contributed by atoms with Gasteiger partial charge in [-0.15, -0.1) is 0 Å². The predicted octanol–water partition coefficient (Wildman–Crippen LogP) is 0.557. The minimum atomic E-state index is -0.263. The van der Waals surface area contributed by atoms with Crippen molar-refractivity contribution in [3.8, 4) is 0 Å². The minimum Gasteiger partial charge on any atom is -1.00 e. The second-order valence-electron chi connectivity index (χ2n) is 7.31. The number of halogens is 1. The first-order valence-corrected chi connectivity index (χ1v) is 8.54. The summed E-state index contributed by atoms with van der Waals surface area (Å²) in [6, 6.07) is 20.1. The lowest BCUT2D eigenvalue weighted by Gasteiger charge is -2.23. The van der Waals surface area contributed by atoms with Crippen molar-refractivity contribution in [3.63, 3.8) is 0 Å². The first-order valence-electron chi connectivity index (χ1n) is 8.54. The Balaban J connectivity index is 0.00000243. The fraction of sp³-hybridized carbons (Fsp3) is 0.286. The largest absolute Gasteiger partial charge is 1.00 e. The number of aromatic nitrogens is 1. The first kappa shape index (κ1) is 20.5. The first-order chi connectivity index (χ1) is 11.9. The number of fused-ring (bicyclic) bond motifs is 1. The quantitative estimate of drug-likeness (QED) is 0.303. The van der Waals surface area contributed by atoms with Crippen LogP contribution in [0.1, 0.15) is 16.1 Å². The molecule has 0 unspecified atom stereocenters. The fourth-order valence-electron chi connectivity index (χ4n) is 2.80. The molecule has 0 fully saturated rings. The molecule has 0 aliphatic carbocycles. The lowest BCUT2D eigenvalue weighted by Crippen LogP contribution is -3.00. The van der Waals surface area contributed by atoms with Gasteiger partial charge in [0.15, 0.2) is 0 Å². The highest BCUT2D eigenvalue weighted by Crippen LogP contribution is 2.22. The van der Waals surface area contributed by atoms with E-state index in [0.29, 0.717) is 18.8 Å².